The molecule has 3 N–H and O–H groups in total. The zero-order valence-electron chi connectivity index (χ0n) is 9.80. The quantitative estimate of drug-likeness (QED) is 0.765. The highest BCUT2D eigenvalue weighted by Gasteiger charge is 2.33. The molecule has 1 aromatic rings. The second-order valence-electron chi connectivity index (χ2n) is 4.28. The Balaban J connectivity index is 2.21. The number of sulfonamides is 1. The summed E-state index contributed by atoms with van der Waals surface area (Å²) < 4.78 is 54.4. The van der Waals surface area contributed by atoms with Gasteiger partial charge in [0.05, 0.1) is 18.1 Å². The highest BCUT2D eigenvalue weighted by molar-refractivity contribution is 9.10. The number of sulfone groups is 1. The highest BCUT2D eigenvalue weighted by Crippen LogP contribution is 2.26. The summed E-state index contributed by atoms with van der Waals surface area (Å²) in [7, 11) is -6.97. The van der Waals surface area contributed by atoms with Crippen LogP contribution < -0.4 is 10.5 Å². The molecule has 0 bridgehead atoms. The van der Waals surface area contributed by atoms with Crippen molar-refractivity contribution in [2.24, 2.45) is 5.73 Å². The molecule has 0 spiro atoms. The molecule has 1 atom stereocenters. The minimum absolute atomic E-state index is 0.000787. The Hall–Kier alpha value is -0.420. The van der Waals surface area contributed by atoms with Crippen molar-refractivity contribution in [3.8, 4) is 0 Å². The number of furan rings is 1. The molecule has 2 heterocycles. The summed E-state index contributed by atoms with van der Waals surface area (Å²) in [5.74, 6) is 0.151. The van der Waals surface area contributed by atoms with E-state index in [1.807, 2.05) is 0 Å². The maximum Gasteiger partial charge on any atom is 0.245 e. The third kappa shape index (κ3) is 3.37. The maximum absolute atomic E-state index is 12.1. The molecule has 0 aromatic carbocycles. The first-order valence-electron chi connectivity index (χ1n) is 5.44. The third-order valence-electron chi connectivity index (χ3n) is 2.75. The maximum atomic E-state index is 12.1. The average molecular weight is 373 g/mol. The fourth-order valence-electron chi connectivity index (χ4n) is 1.85. The van der Waals surface area contributed by atoms with Gasteiger partial charge in [-0.2, -0.15) is 0 Å². The van der Waals surface area contributed by atoms with Crippen LogP contribution in [0, 0.1) is 0 Å². The van der Waals surface area contributed by atoms with Gasteiger partial charge in [-0.1, -0.05) is 0 Å². The summed E-state index contributed by atoms with van der Waals surface area (Å²) in [5.41, 5.74) is 5.37. The van der Waals surface area contributed by atoms with Crippen molar-refractivity contribution in [1.29, 1.82) is 0 Å². The van der Waals surface area contributed by atoms with E-state index in [1.165, 1.54) is 6.07 Å². The molecule has 1 fully saturated rings. The Morgan fingerprint density at radius 1 is 1.53 bits per heavy atom. The second kappa shape index (κ2) is 5.17. The van der Waals surface area contributed by atoms with Gasteiger partial charge in [0.1, 0.15) is 10.7 Å². The van der Waals surface area contributed by atoms with Crippen LogP contribution in [0.25, 0.3) is 0 Å². The van der Waals surface area contributed by atoms with Crippen molar-refractivity contribution in [2.75, 3.05) is 11.5 Å². The van der Waals surface area contributed by atoms with E-state index in [4.69, 9.17) is 10.2 Å². The van der Waals surface area contributed by atoms with Crippen LogP contribution in [0.5, 0.6) is 0 Å². The van der Waals surface area contributed by atoms with E-state index in [0.29, 0.717) is 5.76 Å². The molecule has 0 amide bonds. The molecule has 0 aliphatic carbocycles. The summed E-state index contributed by atoms with van der Waals surface area (Å²) >= 11 is 3.01. The number of hydrogen-bond donors (Lipinski definition) is 2. The van der Waals surface area contributed by atoms with Crippen molar-refractivity contribution in [3.63, 3.8) is 0 Å². The van der Waals surface area contributed by atoms with Gasteiger partial charge in [-0.3, -0.25) is 0 Å². The van der Waals surface area contributed by atoms with E-state index in [2.05, 4.69) is 20.7 Å². The Bertz CT molecular complexity index is 679. The zero-order valence-corrected chi connectivity index (χ0v) is 13.0. The van der Waals surface area contributed by atoms with Gasteiger partial charge in [-0.05, 0) is 22.4 Å². The van der Waals surface area contributed by atoms with Crippen LogP contribution in [0.4, 0.5) is 0 Å². The molecule has 19 heavy (non-hydrogen) atoms. The number of halogens is 1. The van der Waals surface area contributed by atoms with Crippen LogP contribution in [0.2, 0.25) is 0 Å². The lowest BCUT2D eigenvalue weighted by Gasteiger charge is -2.10. The van der Waals surface area contributed by atoms with E-state index in [1.54, 1.807) is 0 Å². The number of hydrogen-bond acceptors (Lipinski definition) is 6. The first kappa shape index (κ1) is 15.0. The summed E-state index contributed by atoms with van der Waals surface area (Å²) in [4.78, 5) is -0.0720. The molecule has 7 nitrogen and oxygen atoms in total. The molecule has 1 aromatic heterocycles. The molecule has 1 saturated heterocycles. The molecule has 0 saturated carbocycles. The topological polar surface area (TPSA) is 119 Å². The Morgan fingerprint density at radius 3 is 2.68 bits per heavy atom. The van der Waals surface area contributed by atoms with Crippen molar-refractivity contribution >= 4 is 35.8 Å². The van der Waals surface area contributed by atoms with Gasteiger partial charge in [-0.25, -0.2) is 21.6 Å². The first-order valence-corrected chi connectivity index (χ1v) is 9.54. The normalized spacial score (nSPS) is 22.7. The lowest BCUT2D eigenvalue weighted by atomic mass is 10.3. The summed E-state index contributed by atoms with van der Waals surface area (Å²) in [6, 6.07) is 0.716. The van der Waals surface area contributed by atoms with E-state index in [-0.39, 0.29) is 34.0 Å². The summed E-state index contributed by atoms with van der Waals surface area (Å²) in [5, 5.41) is 0. The SMILES string of the molecule is NCc1cc(S(=O)(=O)NC2CCS(=O)(=O)C2)c(Br)o1. The molecular formula is C9H13BrN2O5S2. The second-order valence-corrected chi connectivity index (χ2v) is 8.91. The summed E-state index contributed by atoms with van der Waals surface area (Å²) in [6.07, 6.45) is 0.279. The van der Waals surface area contributed by atoms with E-state index < -0.39 is 25.9 Å². The minimum Gasteiger partial charge on any atom is -0.452 e. The standard InChI is InChI=1S/C9H13BrN2O5S2/c10-9-8(3-7(4-11)17-9)19(15,16)12-6-1-2-18(13,14)5-6/h3,6,12H,1-2,4-5,11H2. The van der Waals surface area contributed by atoms with Crippen LogP contribution in [-0.2, 0) is 26.4 Å². The lowest BCUT2D eigenvalue weighted by Crippen LogP contribution is -2.35. The van der Waals surface area contributed by atoms with Gasteiger partial charge in [0.15, 0.2) is 14.5 Å². The van der Waals surface area contributed by atoms with E-state index in [0.717, 1.165) is 0 Å². The van der Waals surface area contributed by atoms with Gasteiger partial charge < -0.3 is 10.2 Å². The minimum atomic E-state index is -3.82. The largest absolute Gasteiger partial charge is 0.452 e. The molecule has 108 valence electrons. The van der Waals surface area contributed by atoms with Crippen molar-refractivity contribution < 1.29 is 21.3 Å². The highest BCUT2D eigenvalue weighted by atomic mass is 79.9. The molecule has 0 radical (unpaired) electrons. The monoisotopic (exact) mass is 372 g/mol. The van der Waals surface area contributed by atoms with Crippen molar-refractivity contribution in [2.45, 2.75) is 23.9 Å². The molecule has 1 unspecified atom stereocenters. The van der Waals surface area contributed by atoms with Crippen LogP contribution in [-0.4, -0.2) is 34.4 Å². The van der Waals surface area contributed by atoms with Gasteiger partial charge in [0.25, 0.3) is 0 Å². The molecule has 2 rings (SSSR count). The molecule has 10 heteroatoms. The van der Waals surface area contributed by atoms with Gasteiger partial charge in [0, 0.05) is 12.1 Å². The predicted octanol–water partition coefficient (Wildman–Crippen LogP) is -0.0338. The van der Waals surface area contributed by atoms with E-state index in [9.17, 15) is 16.8 Å². The number of rotatable bonds is 4. The van der Waals surface area contributed by atoms with Crippen molar-refractivity contribution in [1.82, 2.24) is 4.72 Å². The van der Waals surface area contributed by atoms with Crippen LogP contribution in [0.15, 0.2) is 20.0 Å². The predicted molar refractivity (Wildman–Crippen MR) is 71.7 cm³/mol. The Morgan fingerprint density at radius 2 is 2.21 bits per heavy atom. The number of nitrogens with two attached hydrogens (primary N) is 1. The van der Waals surface area contributed by atoms with Gasteiger partial charge in [0.2, 0.25) is 10.0 Å². The van der Waals surface area contributed by atoms with Crippen molar-refractivity contribution in [3.05, 3.63) is 16.5 Å². The molecular weight excluding hydrogens is 360 g/mol. The summed E-state index contributed by atoms with van der Waals surface area (Å²) in [6.45, 7) is 0.0753. The first-order chi connectivity index (χ1) is 8.73. The molecule has 1 aliphatic rings. The Kier molecular flexibility index (Phi) is 4.07. The van der Waals surface area contributed by atoms with Gasteiger partial charge >= 0.3 is 0 Å². The average Bonchev–Trinajstić information content (AvgIpc) is 2.81. The van der Waals surface area contributed by atoms with Gasteiger partial charge in [-0.15, -0.1) is 0 Å². The lowest BCUT2D eigenvalue weighted by molar-refractivity contribution is 0.483. The smallest absolute Gasteiger partial charge is 0.245 e. The fourth-order valence-corrected chi connectivity index (χ4v) is 5.90. The molecule has 1 aliphatic heterocycles. The van der Waals surface area contributed by atoms with Crippen LogP contribution >= 0.6 is 15.9 Å². The third-order valence-corrected chi connectivity index (χ3v) is 6.90. The Labute approximate surface area is 119 Å². The fraction of sp³-hybridized carbons (Fsp3) is 0.556. The number of nitrogens with one attached hydrogen (secondary N) is 1. The zero-order chi connectivity index (χ0) is 14.3. The van der Waals surface area contributed by atoms with Crippen LogP contribution in [0.1, 0.15) is 12.2 Å². The van der Waals surface area contributed by atoms with E-state index >= 15 is 0 Å². The van der Waals surface area contributed by atoms with Crippen LogP contribution in [0.3, 0.4) is 0 Å².